The standard InChI is InChI=1S/C27H28N4O2/c32-27(33)26(31-18-16-30(17-19-31)15-12-20-10-13-28-14-11-20)24-22-8-4-5-9-23(22)29-25(24)21-6-2-1-3-7-21/h1-11,13-14,26,29H,12,15-19H2,(H,32,33)/t26-/m0/s1. The third-order valence-electron chi connectivity index (χ3n) is 6.55. The van der Waals surface area contributed by atoms with Crippen LogP contribution in [0.2, 0.25) is 0 Å². The molecule has 33 heavy (non-hydrogen) atoms. The maximum atomic E-state index is 12.6. The van der Waals surface area contributed by atoms with E-state index < -0.39 is 12.0 Å². The number of H-pyrrole nitrogens is 1. The van der Waals surface area contributed by atoms with Crippen LogP contribution in [0.15, 0.2) is 79.1 Å². The van der Waals surface area contributed by atoms with Gasteiger partial charge in [-0.3, -0.25) is 14.7 Å². The molecule has 2 aromatic heterocycles. The van der Waals surface area contributed by atoms with Gasteiger partial charge in [0.2, 0.25) is 0 Å². The number of aliphatic carboxylic acids is 1. The van der Waals surface area contributed by atoms with Gasteiger partial charge in [-0.05, 0) is 35.7 Å². The van der Waals surface area contributed by atoms with Crippen molar-refractivity contribution >= 4 is 16.9 Å². The van der Waals surface area contributed by atoms with Crippen molar-refractivity contribution in [2.24, 2.45) is 0 Å². The SMILES string of the molecule is O=C(O)[C@H](c1c(-c2ccccc2)[nH]c2ccccc12)N1CCN(CCc2ccncc2)CC1. The van der Waals surface area contributed by atoms with E-state index in [1.165, 1.54) is 5.56 Å². The van der Waals surface area contributed by atoms with E-state index in [2.05, 4.69) is 31.9 Å². The van der Waals surface area contributed by atoms with E-state index in [0.29, 0.717) is 0 Å². The highest BCUT2D eigenvalue weighted by Gasteiger charge is 2.34. The highest BCUT2D eigenvalue weighted by molar-refractivity contribution is 5.95. The number of hydrogen-bond acceptors (Lipinski definition) is 4. The number of nitrogens with one attached hydrogen (secondary N) is 1. The van der Waals surface area contributed by atoms with Crippen molar-refractivity contribution in [3.8, 4) is 11.3 Å². The first-order valence-corrected chi connectivity index (χ1v) is 11.4. The molecule has 1 aliphatic heterocycles. The van der Waals surface area contributed by atoms with Crippen LogP contribution in [0.25, 0.3) is 22.2 Å². The van der Waals surface area contributed by atoms with Crippen LogP contribution in [-0.2, 0) is 11.2 Å². The highest BCUT2D eigenvalue weighted by Crippen LogP contribution is 2.37. The van der Waals surface area contributed by atoms with Crippen molar-refractivity contribution in [1.82, 2.24) is 19.8 Å². The molecule has 3 heterocycles. The van der Waals surface area contributed by atoms with Crippen molar-refractivity contribution in [2.75, 3.05) is 32.7 Å². The van der Waals surface area contributed by atoms with Crippen LogP contribution in [-0.4, -0.2) is 63.6 Å². The molecule has 5 rings (SSSR count). The number of nitrogens with zero attached hydrogens (tertiary/aromatic N) is 3. The van der Waals surface area contributed by atoms with Crippen molar-refractivity contribution in [2.45, 2.75) is 12.5 Å². The van der Waals surface area contributed by atoms with Gasteiger partial charge in [-0.25, -0.2) is 0 Å². The van der Waals surface area contributed by atoms with E-state index in [-0.39, 0.29) is 0 Å². The van der Waals surface area contributed by atoms with E-state index >= 15 is 0 Å². The van der Waals surface area contributed by atoms with Crippen LogP contribution in [0, 0.1) is 0 Å². The molecule has 168 valence electrons. The summed E-state index contributed by atoms with van der Waals surface area (Å²) in [6, 6.07) is 21.4. The molecule has 1 aliphatic rings. The van der Waals surface area contributed by atoms with Gasteiger partial charge in [0, 0.05) is 61.6 Å². The van der Waals surface area contributed by atoms with Gasteiger partial charge in [0.25, 0.3) is 0 Å². The topological polar surface area (TPSA) is 72.5 Å². The minimum absolute atomic E-state index is 0.696. The van der Waals surface area contributed by atoms with Crippen molar-refractivity contribution in [3.63, 3.8) is 0 Å². The molecule has 1 atom stereocenters. The van der Waals surface area contributed by atoms with E-state index in [9.17, 15) is 9.90 Å². The van der Waals surface area contributed by atoms with Gasteiger partial charge in [0.05, 0.1) is 5.69 Å². The maximum absolute atomic E-state index is 12.6. The summed E-state index contributed by atoms with van der Waals surface area (Å²) in [5.41, 5.74) is 5.00. The fraction of sp³-hybridized carbons (Fsp3) is 0.259. The second-order valence-electron chi connectivity index (χ2n) is 8.55. The largest absolute Gasteiger partial charge is 0.480 e. The number of carboxylic acids is 1. The molecule has 0 amide bonds. The smallest absolute Gasteiger partial charge is 0.325 e. The van der Waals surface area contributed by atoms with Crippen LogP contribution >= 0.6 is 0 Å². The van der Waals surface area contributed by atoms with Gasteiger partial charge in [0.15, 0.2) is 0 Å². The Hall–Kier alpha value is -3.48. The van der Waals surface area contributed by atoms with Gasteiger partial charge >= 0.3 is 5.97 Å². The Morgan fingerprint density at radius 2 is 1.64 bits per heavy atom. The predicted molar refractivity (Wildman–Crippen MR) is 130 cm³/mol. The third-order valence-corrected chi connectivity index (χ3v) is 6.55. The minimum atomic E-state index is -0.804. The molecular formula is C27H28N4O2. The zero-order valence-corrected chi connectivity index (χ0v) is 18.5. The first-order valence-electron chi connectivity index (χ1n) is 11.4. The van der Waals surface area contributed by atoms with Crippen molar-refractivity contribution in [3.05, 3.63) is 90.3 Å². The number of piperazine rings is 1. The molecule has 0 spiro atoms. The molecule has 0 radical (unpaired) electrons. The third kappa shape index (κ3) is 4.53. The Morgan fingerprint density at radius 3 is 2.36 bits per heavy atom. The molecule has 4 aromatic rings. The number of pyridine rings is 1. The lowest BCUT2D eigenvalue weighted by molar-refractivity contribution is -0.144. The molecule has 0 aliphatic carbocycles. The number of carbonyl (C=O) groups is 1. The van der Waals surface area contributed by atoms with Gasteiger partial charge in [-0.1, -0.05) is 48.5 Å². The summed E-state index contributed by atoms with van der Waals surface area (Å²) in [5, 5.41) is 11.3. The first kappa shape index (κ1) is 21.4. The number of rotatable bonds is 7. The first-order chi connectivity index (χ1) is 16.2. The van der Waals surface area contributed by atoms with Crippen LogP contribution in [0.5, 0.6) is 0 Å². The molecule has 0 saturated carbocycles. The number of carboxylic acid groups (broad SMARTS) is 1. The molecular weight excluding hydrogens is 412 g/mol. The average molecular weight is 441 g/mol. The Bertz CT molecular complexity index is 1210. The van der Waals surface area contributed by atoms with Crippen LogP contribution in [0.4, 0.5) is 0 Å². The van der Waals surface area contributed by atoms with Crippen LogP contribution in [0.3, 0.4) is 0 Å². The average Bonchev–Trinajstić information content (AvgIpc) is 3.24. The molecule has 1 fully saturated rings. The van der Waals surface area contributed by atoms with E-state index in [1.807, 2.05) is 67.0 Å². The minimum Gasteiger partial charge on any atom is -0.480 e. The van der Waals surface area contributed by atoms with E-state index in [1.54, 1.807) is 0 Å². The van der Waals surface area contributed by atoms with Gasteiger partial charge in [-0.15, -0.1) is 0 Å². The van der Waals surface area contributed by atoms with E-state index in [4.69, 9.17) is 0 Å². The molecule has 6 nitrogen and oxygen atoms in total. The summed E-state index contributed by atoms with van der Waals surface area (Å²) in [6.07, 6.45) is 4.64. The summed E-state index contributed by atoms with van der Waals surface area (Å²) in [4.78, 5) is 24.8. The number of hydrogen-bond donors (Lipinski definition) is 2. The fourth-order valence-electron chi connectivity index (χ4n) is 4.82. The van der Waals surface area contributed by atoms with Crippen molar-refractivity contribution in [1.29, 1.82) is 0 Å². The zero-order chi connectivity index (χ0) is 22.6. The van der Waals surface area contributed by atoms with Gasteiger partial charge < -0.3 is 15.0 Å². The lowest BCUT2D eigenvalue weighted by Crippen LogP contribution is -2.49. The van der Waals surface area contributed by atoms with Crippen LogP contribution < -0.4 is 0 Å². The Kier molecular flexibility index (Phi) is 6.19. The number of aromatic amines is 1. The number of para-hydroxylation sites is 1. The molecule has 2 aromatic carbocycles. The fourth-order valence-corrected chi connectivity index (χ4v) is 4.82. The molecule has 2 N–H and O–H groups in total. The summed E-state index contributed by atoms with van der Waals surface area (Å²) >= 11 is 0. The Labute approximate surface area is 193 Å². The summed E-state index contributed by atoms with van der Waals surface area (Å²) in [5.74, 6) is -0.804. The zero-order valence-electron chi connectivity index (χ0n) is 18.5. The maximum Gasteiger partial charge on any atom is 0.325 e. The molecule has 1 saturated heterocycles. The predicted octanol–water partition coefficient (Wildman–Crippen LogP) is 4.22. The highest BCUT2D eigenvalue weighted by atomic mass is 16.4. The summed E-state index contributed by atoms with van der Waals surface area (Å²) in [6.45, 7) is 4.13. The quantitative estimate of drug-likeness (QED) is 0.450. The number of benzene rings is 2. The number of aromatic nitrogens is 2. The van der Waals surface area contributed by atoms with Crippen molar-refractivity contribution < 1.29 is 9.90 Å². The summed E-state index contributed by atoms with van der Waals surface area (Å²) < 4.78 is 0. The summed E-state index contributed by atoms with van der Waals surface area (Å²) in [7, 11) is 0. The second kappa shape index (κ2) is 9.57. The number of fused-ring (bicyclic) bond motifs is 1. The Morgan fingerprint density at radius 1 is 0.939 bits per heavy atom. The van der Waals surface area contributed by atoms with Gasteiger partial charge in [-0.2, -0.15) is 0 Å². The Balaban J connectivity index is 1.39. The second-order valence-corrected chi connectivity index (χ2v) is 8.55. The normalized spacial score (nSPS) is 16.1. The van der Waals surface area contributed by atoms with E-state index in [0.717, 1.165) is 66.9 Å². The monoisotopic (exact) mass is 440 g/mol. The molecule has 0 unspecified atom stereocenters. The molecule has 6 heteroatoms. The van der Waals surface area contributed by atoms with Crippen LogP contribution in [0.1, 0.15) is 17.2 Å². The van der Waals surface area contributed by atoms with Gasteiger partial charge in [0.1, 0.15) is 6.04 Å². The lowest BCUT2D eigenvalue weighted by Gasteiger charge is -2.38. The lowest BCUT2D eigenvalue weighted by atomic mass is 9.97. The molecule has 0 bridgehead atoms.